The lowest BCUT2D eigenvalue weighted by molar-refractivity contribution is 0.259. The Bertz CT molecular complexity index is 366. The van der Waals surface area contributed by atoms with E-state index in [9.17, 15) is 4.39 Å². The molecule has 0 amide bonds. The normalized spacial score (nSPS) is 13.9. The average Bonchev–Trinajstić information content (AvgIpc) is 2.24. The number of nitrogens with two attached hydrogens (primary N) is 1. The molecule has 0 aliphatic heterocycles. The predicted octanol–water partition coefficient (Wildman–Crippen LogP) is 2.83. The van der Waals surface area contributed by atoms with Gasteiger partial charge in [-0.15, -0.1) is 0 Å². The predicted molar refractivity (Wildman–Crippen MR) is 68.7 cm³/mol. The van der Waals surface area contributed by atoms with E-state index >= 15 is 0 Å². The van der Waals surface area contributed by atoms with Gasteiger partial charge in [0.1, 0.15) is 5.82 Å². The fourth-order valence-electron chi connectivity index (χ4n) is 1.82. The van der Waals surface area contributed by atoms with Gasteiger partial charge in [0.2, 0.25) is 0 Å². The van der Waals surface area contributed by atoms with Crippen LogP contribution >= 0.6 is 15.9 Å². The molecule has 0 radical (unpaired) electrons. The van der Waals surface area contributed by atoms with E-state index in [1.807, 2.05) is 20.9 Å². The van der Waals surface area contributed by atoms with Crippen LogP contribution in [0.3, 0.4) is 0 Å². The first kappa shape index (κ1) is 13.6. The molecule has 90 valence electrons. The van der Waals surface area contributed by atoms with Crippen molar-refractivity contribution in [2.45, 2.75) is 19.9 Å². The first-order chi connectivity index (χ1) is 7.42. The summed E-state index contributed by atoms with van der Waals surface area (Å²) in [5, 5.41) is 3.14. The maximum atomic E-state index is 13.8. The Labute approximate surface area is 105 Å². The lowest BCUT2D eigenvalue weighted by Crippen LogP contribution is -2.38. The zero-order valence-electron chi connectivity index (χ0n) is 9.85. The third-order valence-corrected chi connectivity index (χ3v) is 3.36. The first-order valence-corrected chi connectivity index (χ1v) is 6.04. The number of halogens is 2. The summed E-state index contributed by atoms with van der Waals surface area (Å²) >= 11 is 3.36. The number of rotatable bonds is 4. The molecule has 0 saturated heterocycles. The van der Waals surface area contributed by atoms with E-state index in [1.165, 1.54) is 6.07 Å². The molecule has 0 aromatic heterocycles. The van der Waals surface area contributed by atoms with E-state index in [2.05, 4.69) is 21.2 Å². The van der Waals surface area contributed by atoms with Gasteiger partial charge in [0.05, 0.1) is 0 Å². The molecule has 0 spiro atoms. The second kappa shape index (κ2) is 5.25. The molecule has 1 unspecified atom stereocenters. The summed E-state index contributed by atoms with van der Waals surface area (Å²) in [7, 11) is 1.82. The molecule has 16 heavy (non-hydrogen) atoms. The van der Waals surface area contributed by atoms with Crippen molar-refractivity contribution in [3.63, 3.8) is 0 Å². The second-order valence-corrected chi connectivity index (χ2v) is 5.50. The highest BCUT2D eigenvalue weighted by atomic mass is 79.9. The van der Waals surface area contributed by atoms with Crippen LogP contribution in [0.1, 0.15) is 25.5 Å². The van der Waals surface area contributed by atoms with Gasteiger partial charge < -0.3 is 11.1 Å². The summed E-state index contributed by atoms with van der Waals surface area (Å²) in [6, 6.07) is 4.86. The SMILES string of the molecule is CNC(c1cc(Br)ccc1F)C(C)(C)CN. The maximum absolute atomic E-state index is 13.8. The fourth-order valence-corrected chi connectivity index (χ4v) is 2.20. The van der Waals surface area contributed by atoms with Crippen LogP contribution in [0.5, 0.6) is 0 Å². The highest BCUT2D eigenvalue weighted by Gasteiger charge is 2.30. The molecule has 0 saturated carbocycles. The molecule has 4 heteroatoms. The Morgan fingerprint density at radius 3 is 2.62 bits per heavy atom. The van der Waals surface area contributed by atoms with Gasteiger partial charge in [-0.3, -0.25) is 0 Å². The Kier molecular flexibility index (Phi) is 4.47. The van der Waals surface area contributed by atoms with E-state index in [0.717, 1.165) is 4.47 Å². The summed E-state index contributed by atoms with van der Waals surface area (Å²) in [5.74, 6) is -0.205. The Hall–Kier alpha value is -0.450. The molecular formula is C12H18BrFN2. The largest absolute Gasteiger partial charge is 0.330 e. The lowest BCUT2D eigenvalue weighted by atomic mass is 9.80. The Morgan fingerprint density at radius 1 is 1.50 bits per heavy atom. The van der Waals surface area contributed by atoms with E-state index in [4.69, 9.17) is 5.73 Å². The van der Waals surface area contributed by atoms with Crippen molar-refractivity contribution in [1.29, 1.82) is 0 Å². The first-order valence-electron chi connectivity index (χ1n) is 5.24. The number of nitrogens with one attached hydrogen (secondary N) is 1. The molecule has 1 aromatic carbocycles. The van der Waals surface area contributed by atoms with Crippen LogP contribution in [0.15, 0.2) is 22.7 Å². The van der Waals surface area contributed by atoms with Crippen LogP contribution in [0.25, 0.3) is 0 Å². The van der Waals surface area contributed by atoms with Crippen molar-refractivity contribution in [1.82, 2.24) is 5.32 Å². The molecule has 3 N–H and O–H groups in total. The smallest absolute Gasteiger partial charge is 0.128 e. The molecule has 1 rings (SSSR count). The van der Waals surface area contributed by atoms with E-state index in [1.54, 1.807) is 12.1 Å². The van der Waals surface area contributed by atoms with Crippen LogP contribution in [0.2, 0.25) is 0 Å². The summed E-state index contributed by atoms with van der Waals surface area (Å²) in [4.78, 5) is 0. The van der Waals surface area contributed by atoms with Gasteiger partial charge in [0.15, 0.2) is 0 Å². The zero-order chi connectivity index (χ0) is 12.3. The molecule has 1 atom stereocenters. The van der Waals surface area contributed by atoms with Crippen LogP contribution in [0.4, 0.5) is 4.39 Å². The Balaban J connectivity index is 3.18. The van der Waals surface area contributed by atoms with Gasteiger partial charge in [-0.2, -0.15) is 0 Å². The van der Waals surface area contributed by atoms with Crippen molar-refractivity contribution in [3.05, 3.63) is 34.1 Å². The highest BCUT2D eigenvalue weighted by Crippen LogP contribution is 2.34. The van der Waals surface area contributed by atoms with Crippen molar-refractivity contribution in [3.8, 4) is 0 Å². The van der Waals surface area contributed by atoms with Crippen molar-refractivity contribution in [2.75, 3.05) is 13.6 Å². The fraction of sp³-hybridized carbons (Fsp3) is 0.500. The third kappa shape index (κ3) is 2.81. The summed E-state index contributed by atoms with van der Waals surface area (Å²) in [5.41, 5.74) is 6.18. The molecule has 0 bridgehead atoms. The molecule has 0 fully saturated rings. The third-order valence-electron chi connectivity index (χ3n) is 2.87. The minimum absolute atomic E-state index is 0.102. The van der Waals surface area contributed by atoms with Crippen LogP contribution in [-0.2, 0) is 0 Å². The Morgan fingerprint density at radius 2 is 2.12 bits per heavy atom. The minimum atomic E-state index is -0.205. The van der Waals surface area contributed by atoms with Gasteiger partial charge in [-0.05, 0) is 37.2 Å². The van der Waals surface area contributed by atoms with Crippen molar-refractivity contribution < 1.29 is 4.39 Å². The van der Waals surface area contributed by atoms with Gasteiger partial charge in [-0.1, -0.05) is 29.8 Å². The standard InChI is InChI=1S/C12H18BrFN2/c1-12(2,7-15)11(16-3)9-6-8(13)4-5-10(9)14/h4-6,11,16H,7,15H2,1-3H3. The summed E-state index contributed by atoms with van der Waals surface area (Å²) in [6.07, 6.45) is 0. The summed E-state index contributed by atoms with van der Waals surface area (Å²) in [6.45, 7) is 4.54. The zero-order valence-corrected chi connectivity index (χ0v) is 11.4. The van der Waals surface area contributed by atoms with Crippen LogP contribution < -0.4 is 11.1 Å². The monoisotopic (exact) mass is 288 g/mol. The van der Waals surface area contributed by atoms with Gasteiger partial charge in [-0.25, -0.2) is 4.39 Å². The number of hydrogen-bond donors (Lipinski definition) is 2. The molecule has 0 heterocycles. The molecule has 1 aromatic rings. The quantitative estimate of drug-likeness (QED) is 0.894. The van der Waals surface area contributed by atoms with Crippen LogP contribution in [-0.4, -0.2) is 13.6 Å². The van der Waals surface area contributed by atoms with Gasteiger partial charge >= 0.3 is 0 Å². The van der Waals surface area contributed by atoms with E-state index < -0.39 is 0 Å². The maximum Gasteiger partial charge on any atom is 0.128 e. The molecule has 2 nitrogen and oxygen atoms in total. The van der Waals surface area contributed by atoms with E-state index in [0.29, 0.717) is 12.1 Å². The summed E-state index contributed by atoms with van der Waals surface area (Å²) < 4.78 is 14.6. The highest BCUT2D eigenvalue weighted by molar-refractivity contribution is 9.10. The van der Waals surface area contributed by atoms with Crippen molar-refractivity contribution >= 4 is 15.9 Å². The lowest BCUT2D eigenvalue weighted by Gasteiger charge is -2.33. The average molecular weight is 289 g/mol. The minimum Gasteiger partial charge on any atom is -0.330 e. The second-order valence-electron chi connectivity index (χ2n) is 4.58. The molecular weight excluding hydrogens is 271 g/mol. The molecule has 0 aliphatic rings. The number of benzene rings is 1. The van der Waals surface area contributed by atoms with Crippen LogP contribution in [0, 0.1) is 11.2 Å². The van der Waals surface area contributed by atoms with E-state index in [-0.39, 0.29) is 17.3 Å². The number of hydrogen-bond acceptors (Lipinski definition) is 2. The van der Waals surface area contributed by atoms with Gasteiger partial charge in [0.25, 0.3) is 0 Å². The molecule has 0 aliphatic carbocycles. The topological polar surface area (TPSA) is 38.0 Å². The van der Waals surface area contributed by atoms with Crippen molar-refractivity contribution in [2.24, 2.45) is 11.1 Å². The van der Waals surface area contributed by atoms with Gasteiger partial charge in [0, 0.05) is 16.1 Å².